The summed E-state index contributed by atoms with van der Waals surface area (Å²) in [5, 5.41) is 1.38. The molecule has 2 aromatic rings. The molecule has 0 saturated heterocycles. The number of ether oxygens (including phenoxy) is 1. The first-order valence-electron chi connectivity index (χ1n) is 6.82. The minimum absolute atomic E-state index is 0.0657. The van der Waals surface area contributed by atoms with Crippen molar-refractivity contribution < 1.29 is 14.4 Å². The molecule has 0 aromatic heterocycles. The van der Waals surface area contributed by atoms with E-state index < -0.39 is 0 Å². The van der Waals surface area contributed by atoms with Gasteiger partial charge in [0.25, 0.3) is 5.91 Å². The molecular weight excluding hydrogens is 266 g/mol. The lowest BCUT2D eigenvalue weighted by molar-refractivity contribution is -0.0956. The third-order valence-electron chi connectivity index (χ3n) is 3.73. The van der Waals surface area contributed by atoms with Crippen molar-refractivity contribution >= 4 is 5.91 Å². The third kappa shape index (κ3) is 2.62. The van der Waals surface area contributed by atoms with E-state index in [4.69, 9.17) is 9.57 Å². The average Bonchev–Trinajstić information content (AvgIpc) is 2.84. The largest absolute Gasteiger partial charge is 0.497 e. The molecule has 1 heterocycles. The second-order valence-corrected chi connectivity index (χ2v) is 5.04. The summed E-state index contributed by atoms with van der Waals surface area (Å²) in [4.78, 5) is 17.2. The van der Waals surface area contributed by atoms with Crippen LogP contribution in [-0.4, -0.2) is 25.2 Å². The summed E-state index contributed by atoms with van der Waals surface area (Å²) < 4.78 is 5.15. The molecule has 0 aliphatic carbocycles. The van der Waals surface area contributed by atoms with Gasteiger partial charge in [0.15, 0.2) is 0 Å². The maximum absolute atomic E-state index is 12.1. The van der Waals surface area contributed by atoms with Crippen molar-refractivity contribution in [3.05, 3.63) is 64.7 Å². The Kier molecular flexibility index (Phi) is 3.62. The van der Waals surface area contributed by atoms with Crippen molar-refractivity contribution in [3.63, 3.8) is 0 Å². The predicted octanol–water partition coefficient (Wildman–Crippen LogP) is 2.80. The third-order valence-corrected chi connectivity index (χ3v) is 3.73. The molecule has 0 bridgehead atoms. The number of hydroxylamine groups is 2. The number of hydrogen-bond donors (Lipinski definition) is 0. The summed E-state index contributed by atoms with van der Waals surface area (Å²) in [6.45, 7) is 0.521. The standard InChI is InChI=1S/C17H17NO3/c1-20-15-7-4-12(5-8-15)9-13-3-6-14-11-18(21-2)17(19)16(14)10-13/h3-8,10H,9,11H2,1-2H3. The molecule has 0 fully saturated rings. The fraction of sp³-hybridized carbons (Fsp3) is 0.235. The van der Waals surface area contributed by atoms with Gasteiger partial charge in [0, 0.05) is 5.56 Å². The van der Waals surface area contributed by atoms with Crippen LogP contribution in [-0.2, 0) is 17.8 Å². The Morgan fingerprint density at radius 1 is 1.05 bits per heavy atom. The average molecular weight is 283 g/mol. The zero-order valence-corrected chi connectivity index (χ0v) is 12.1. The number of hydrogen-bond acceptors (Lipinski definition) is 3. The molecule has 1 aliphatic rings. The zero-order valence-electron chi connectivity index (χ0n) is 12.1. The Morgan fingerprint density at radius 3 is 2.43 bits per heavy atom. The minimum Gasteiger partial charge on any atom is -0.497 e. The van der Waals surface area contributed by atoms with Crippen molar-refractivity contribution in [2.75, 3.05) is 14.2 Å². The molecule has 0 radical (unpaired) electrons. The number of fused-ring (bicyclic) bond motifs is 1. The van der Waals surface area contributed by atoms with E-state index in [0.717, 1.165) is 28.9 Å². The van der Waals surface area contributed by atoms with Crippen LogP contribution in [0, 0.1) is 0 Å². The van der Waals surface area contributed by atoms with Crippen molar-refractivity contribution in [1.29, 1.82) is 0 Å². The van der Waals surface area contributed by atoms with Gasteiger partial charge in [0.05, 0.1) is 20.8 Å². The molecule has 0 atom stereocenters. The van der Waals surface area contributed by atoms with E-state index in [0.29, 0.717) is 6.54 Å². The van der Waals surface area contributed by atoms with Crippen LogP contribution in [0.15, 0.2) is 42.5 Å². The van der Waals surface area contributed by atoms with Crippen LogP contribution in [0.4, 0.5) is 0 Å². The van der Waals surface area contributed by atoms with E-state index in [9.17, 15) is 4.79 Å². The van der Waals surface area contributed by atoms with Gasteiger partial charge in [-0.1, -0.05) is 24.3 Å². The molecule has 1 amide bonds. The number of amides is 1. The Bertz CT molecular complexity index is 664. The Labute approximate surface area is 123 Å². The van der Waals surface area contributed by atoms with Crippen LogP contribution in [0.5, 0.6) is 5.75 Å². The van der Waals surface area contributed by atoms with Gasteiger partial charge in [-0.15, -0.1) is 0 Å². The van der Waals surface area contributed by atoms with Crippen LogP contribution < -0.4 is 4.74 Å². The summed E-state index contributed by atoms with van der Waals surface area (Å²) in [5.41, 5.74) is 4.05. The maximum atomic E-state index is 12.1. The van der Waals surface area contributed by atoms with Gasteiger partial charge >= 0.3 is 0 Å². The molecule has 21 heavy (non-hydrogen) atoms. The second kappa shape index (κ2) is 5.58. The highest BCUT2D eigenvalue weighted by atomic mass is 16.7. The van der Waals surface area contributed by atoms with E-state index in [1.807, 2.05) is 36.4 Å². The molecule has 1 aliphatic heterocycles. The smallest absolute Gasteiger partial charge is 0.278 e. The first-order valence-corrected chi connectivity index (χ1v) is 6.82. The van der Waals surface area contributed by atoms with Crippen LogP contribution in [0.2, 0.25) is 0 Å². The van der Waals surface area contributed by atoms with Gasteiger partial charge in [-0.25, -0.2) is 5.06 Å². The van der Waals surface area contributed by atoms with Gasteiger partial charge in [0.2, 0.25) is 0 Å². The van der Waals surface area contributed by atoms with Gasteiger partial charge < -0.3 is 4.74 Å². The first kappa shape index (κ1) is 13.6. The Hall–Kier alpha value is -2.33. The zero-order chi connectivity index (χ0) is 14.8. The SMILES string of the molecule is COc1ccc(Cc2ccc3c(c2)C(=O)N(OC)C3)cc1. The molecule has 4 heteroatoms. The molecule has 0 spiro atoms. The summed E-state index contributed by atoms with van der Waals surface area (Å²) in [7, 11) is 3.17. The molecular formula is C17H17NO3. The topological polar surface area (TPSA) is 38.8 Å². The summed E-state index contributed by atoms with van der Waals surface area (Å²) in [5.74, 6) is 0.780. The highest BCUT2D eigenvalue weighted by Crippen LogP contribution is 2.25. The number of carbonyl (C=O) groups is 1. The quantitative estimate of drug-likeness (QED) is 0.866. The normalized spacial score (nSPS) is 13.4. The van der Waals surface area contributed by atoms with Gasteiger partial charge in [-0.05, 0) is 41.3 Å². The lowest BCUT2D eigenvalue weighted by atomic mass is 10.0. The second-order valence-electron chi connectivity index (χ2n) is 5.04. The summed E-state index contributed by atoms with van der Waals surface area (Å²) >= 11 is 0. The Balaban J connectivity index is 1.81. The summed E-state index contributed by atoms with van der Waals surface area (Å²) in [6.07, 6.45) is 0.789. The highest BCUT2D eigenvalue weighted by molar-refractivity contribution is 5.97. The first-order chi connectivity index (χ1) is 10.2. The van der Waals surface area contributed by atoms with Gasteiger partial charge in [-0.3, -0.25) is 9.63 Å². The van der Waals surface area contributed by atoms with Crippen LogP contribution in [0.1, 0.15) is 27.0 Å². The highest BCUT2D eigenvalue weighted by Gasteiger charge is 2.27. The van der Waals surface area contributed by atoms with Crippen molar-refractivity contribution in [2.45, 2.75) is 13.0 Å². The van der Waals surface area contributed by atoms with Crippen molar-refractivity contribution in [3.8, 4) is 5.75 Å². The van der Waals surface area contributed by atoms with E-state index in [2.05, 4.69) is 6.07 Å². The van der Waals surface area contributed by atoms with E-state index in [1.165, 1.54) is 17.7 Å². The van der Waals surface area contributed by atoms with Crippen LogP contribution in [0.25, 0.3) is 0 Å². The molecule has 108 valence electrons. The fourth-order valence-corrected chi connectivity index (χ4v) is 2.56. The number of nitrogens with zero attached hydrogens (tertiary/aromatic N) is 1. The molecule has 2 aromatic carbocycles. The molecule has 0 saturated carbocycles. The Morgan fingerprint density at radius 2 is 1.76 bits per heavy atom. The number of carbonyl (C=O) groups excluding carboxylic acids is 1. The predicted molar refractivity (Wildman–Crippen MR) is 79.1 cm³/mol. The van der Waals surface area contributed by atoms with Crippen molar-refractivity contribution in [1.82, 2.24) is 5.06 Å². The molecule has 0 unspecified atom stereocenters. The molecule has 3 rings (SSSR count). The summed E-state index contributed by atoms with van der Waals surface area (Å²) in [6, 6.07) is 14.0. The van der Waals surface area contributed by atoms with Gasteiger partial charge in [-0.2, -0.15) is 0 Å². The number of methoxy groups -OCH3 is 1. The van der Waals surface area contributed by atoms with E-state index in [1.54, 1.807) is 7.11 Å². The van der Waals surface area contributed by atoms with Crippen molar-refractivity contribution in [2.24, 2.45) is 0 Å². The lowest BCUT2D eigenvalue weighted by Gasteiger charge is -2.10. The number of rotatable bonds is 4. The lowest BCUT2D eigenvalue weighted by Crippen LogP contribution is -2.22. The van der Waals surface area contributed by atoms with Crippen LogP contribution in [0.3, 0.4) is 0 Å². The number of benzene rings is 2. The minimum atomic E-state index is -0.0657. The monoisotopic (exact) mass is 283 g/mol. The molecule has 0 N–H and O–H groups in total. The fourth-order valence-electron chi connectivity index (χ4n) is 2.56. The maximum Gasteiger partial charge on any atom is 0.278 e. The van der Waals surface area contributed by atoms with Gasteiger partial charge in [0.1, 0.15) is 5.75 Å². The van der Waals surface area contributed by atoms with E-state index >= 15 is 0 Å². The van der Waals surface area contributed by atoms with E-state index in [-0.39, 0.29) is 5.91 Å². The molecule has 4 nitrogen and oxygen atoms in total. The van der Waals surface area contributed by atoms with Crippen LogP contribution >= 0.6 is 0 Å².